The Kier molecular flexibility index (Phi) is 4.46. The molecule has 0 aliphatic heterocycles. The van der Waals surface area contributed by atoms with Crippen LogP contribution < -0.4 is 4.74 Å². The van der Waals surface area contributed by atoms with E-state index in [9.17, 15) is 5.11 Å². The molecule has 0 saturated heterocycles. The highest BCUT2D eigenvalue weighted by Crippen LogP contribution is 2.37. The monoisotopic (exact) mass is 344 g/mol. The molecule has 3 aromatic carbocycles. The van der Waals surface area contributed by atoms with Crippen LogP contribution in [0.15, 0.2) is 60.7 Å². The summed E-state index contributed by atoms with van der Waals surface area (Å²) in [7, 11) is 0. The molecule has 116 valence electrons. The zero-order chi connectivity index (χ0) is 16.4. The number of phenols is 1. The summed E-state index contributed by atoms with van der Waals surface area (Å²) in [5, 5.41) is 11.2. The van der Waals surface area contributed by atoms with Crippen LogP contribution in [0.25, 0.3) is 11.1 Å². The number of phenolic OH excluding ortho intramolecular Hbond substituents is 1. The van der Waals surface area contributed by atoms with Gasteiger partial charge in [-0.25, -0.2) is 0 Å². The summed E-state index contributed by atoms with van der Waals surface area (Å²) in [5.41, 5.74) is 3.12. The third kappa shape index (κ3) is 3.61. The molecule has 3 aromatic rings. The molecule has 0 fully saturated rings. The minimum absolute atomic E-state index is 0.0509. The molecule has 0 amide bonds. The highest BCUT2D eigenvalue weighted by atomic mass is 35.5. The first-order chi connectivity index (χ1) is 11.0. The predicted molar refractivity (Wildman–Crippen MR) is 94.8 cm³/mol. The van der Waals surface area contributed by atoms with Crippen molar-refractivity contribution >= 4 is 23.2 Å². The van der Waals surface area contributed by atoms with Gasteiger partial charge in [0.05, 0.1) is 5.02 Å². The Labute approximate surface area is 144 Å². The van der Waals surface area contributed by atoms with E-state index in [0.717, 1.165) is 16.7 Å². The van der Waals surface area contributed by atoms with Crippen LogP contribution in [0, 0.1) is 6.92 Å². The van der Waals surface area contributed by atoms with Gasteiger partial charge in [0.1, 0.15) is 5.75 Å². The normalized spacial score (nSPS) is 10.6. The standard InChI is InChI=1S/C19H14Cl2O2/c1-12-3-2-4-13(9-12)14-5-7-19(17(22)10-14)23-18-8-6-15(20)11-16(18)21/h2-11,22H,1H3. The van der Waals surface area contributed by atoms with Crippen molar-refractivity contribution in [2.75, 3.05) is 0 Å². The molecule has 0 heterocycles. The van der Waals surface area contributed by atoms with Crippen LogP contribution in [0.3, 0.4) is 0 Å². The fraction of sp³-hybridized carbons (Fsp3) is 0.0526. The lowest BCUT2D eigenvalue weighted by atomic mass is 10.0. The van der Waals surface area contributed by atoms with Crippen LogP contribution in [0.5, 0.6) is 17.2 Å². The van der Waals surface area contributed by atoms with E-state index >= 15 is 0 Å². The molecule has 0 aliphatic carbocycles. The van der Waals surface area contributed by atoms with E-state index in [1.165, 1.54) is 0 Å². The van der Waals surface area contributed by atoms with Crippen molar-refractivity contribution in [2.45, 2.75) is 6.92 Å². The molecule has 0 aromatic heterocycles. The molecular weight excluding hydrogens is 331 g/mol. The van der Waals surface area contributed by atoms with Gasteiger partial charge in [-0.3, -0.25) is 0 Å². The minimum Gasteiger partial charge on any atom is -0.504 e. The summed E-state index contributed by atoms with van der Waals surface area (Å²) >= 11 is 11.9. The Balaban J connectivity index is 1.90. The fourth-order valence-electron chi connectivity index (χ4n) is 2.28. The van der Waals surface area contributed by atoms with Gasteiger partial charge in [-0.1, -0.05) is 59.1 Å². The maximum absolute atomic E-state index is 10.2. The summed E-state index contributed by atoms with van der Waals surface area (Å²) in [6, 6.07) is 18.3. The molecule has 2 nitrogen and oxygen atoms in total. The molecule has 0 spiro atoms. The van der Waals surface area contributed by atoms with Gasteiger partial charge in [-0.15, -0.1) is 0 Å². The number of aromatic hydroxyl groups is 1. The molecule has 0 bridgehead atoms. The second-order valence-electron chi connectivity index (χ2n) is 5.23. The molecule has 23 heavy (non-hydrogen) atoms. The first-order valence-corrected chi connectivity index (χ1v) is 7.81. The summed E-state index contributed by atoms with van der Waals surface area (Å²) in [6.07, 6.45) is 0. The zero-order valence-electron chi connectivity index (χ0n) is 12.4. The van der Waals surface area contributed by atoms with E-state index in [1.807, 2.05) is 31.2 Å². The Bertz CT molecular complexity index is 860. The summed E-state index contributed by atoms with van der Waals surface area (Å²) in [5.74, 6) is 0.829. The van der Waals surface area contributed by atoms with Gasteiger partial charge in [0.15, 0.2) is 11.5 Å². The quantitative estimate of drug-likeness (QED) is 0.590. The number of aryl methyl sites for hydroxylation is 1. The van der Waals surface area contributed by atoms with Gasteiger partial charge in [-0.05, 0) is 48.4 Å². The van der Waals surface area contributed by atoms with E-state index in [0.29, 0.717) is 21.5 Å². The Morgan fingerprint density at radius 3 is 2.26 bits per heavy atom. The molecular formula is C19H14Cl2O2. The van der Waals surface area contributed by atoms with Crippen LogP contribution in [-0.4, -0.2) is 5.11 Å². The Morgan fingerprint density at radius 2 is 1.57 bits per heavy atom. The van der Waals surface area contributed by atoms with E-state index < -0.39 is 0 Å². The van der Waals surface area contributed by atoms with Crippen LogP contribution in [-0.2, 0) is 0 Å². The Morgan fingerprint density at radius 1 is 0.826 bits per heavy atom. The lowest BCUT2D eigenvalue weighted by molar-refractivity contribution is 0.411. The van der Waals surface area contributed by atoms with E-state index in [-0.39, 0.29) is 5.75 Å². The molecule has 3 rings (SSSR count). The van der Waals surface area contributed by atoms with Crippen molar-refractivity contribution in [3.05, 3.63) is 76.3 Å². The predicted octanol–water partition coefficient (Wildman–Crippen LogP) is 6.47. The number of rotatable bonds is 3. The minimum atomic E-state index is 0.0509. The molecule has 0 radical (unpaired) electrons. The van der Waals surface area contributed by atoms with Gasteiger partial charge in [0.25, 0.3) is 0 Å². The van der Waals surface area contributed by atoms with Crippen LogP contribution in [0.4, 0.5) is 0 Å². The third-order valence-corrected chi connectivity index (χ3v) is 3.95. The van der Waals surface area contributed by atoms with Gasteiger partial charge < -0.3 is 9.84 Å². The maximum atomic E-state index is 10.2. The van der Waals surface area contributed by atoms with Crippen molar-refractivity contribution in [2.24, 2.45) is 0 Å². The topological polar surface area (TPSA) is 29.5 Å². The van der Waals surface area contributed by atoms with Crippen molar-refractivity contribution in [1.82, 2.24) is 0 Å². The summed E-state index contributed by atoms with van der Waals surface area (Å²) < 4.78 is 5.67. The molecule has 0 aliphatic rings. The number of ether oxygens (including phenoxy) is 1. The maximum Gasteiger partial charge on any atom is 0.169 e. The Hall–Kier alpha value is -2.16. The van der Waals surface area contributed by atoms with Crippen LogP contribution in [0.2, 0.25) is 10.0 Å². The lowest BCUT2D eigenvalue weighted by Crippen LogP contribution is -1.87. The molecule has 4 heteroatoms. The molecule has 0 saturated carbocycles. The fourth-order valence-corrected chi connectivity index (χ4v) is 2.73. The summed E-state index contributed by atoms with van der Waals surface area (Å²) in [6.45, 7) is 2.03. The average molecular weight is 345 g/mol. The second-order valence-corrected chi connectivity index (χ2v) is 6.07. The smallest absolute Gasteiger partial charge is 0.169 e. The van der Waals surface area contributed by atoms with Crippen molar-refractivity contribution in [3.8, 4) is 28.4 Å². The van der Waals surface area contributed by atoms with E-state index in [2.05, 4.69) is 6.07 Å². The highest BCUT2D eigenvalue weighted by molar-refractivity contribution is 6.35. The van der Waals surface area contributed by atoms with Crippen molar-refractivity contribution in [1.29, 1.82) is 0 Å². The van der Waals surface area contributed by atoms with Gasteiger partial charge in [0.2, 0.25) is 0 Å². The van der Waals surface area contributed by atoms with Gasteiger partial charge in [-0.2, -0.15) is 0 Å². The second kappa shape index (κ2) is 6.53. The van der Waals surface area contributed by atoms with E-state index in [1.54, 1.807) is 30.3 Å². The largest absolute Gasteiger partial charge is 0.504 e. The summed E-state index contributed by atoms with van der Waals surface area (Å²) in [4.78, 5) is 0. The highest BCUT2D eigenvalue weighted by Gasteiger charge is 2.09. The number of hydrogen-bond donors (Lipinski definition) is 1. The van der Waals surface area contributed by atoms with E-state index in [4.69, 9.17) is 27.9 Å². The first-order valence-electron chi connectivity index (χ1n) is 7.06. The number of benzene rings is 3. The van der Waals surface area contributed by atoms with Crippen molar-refractivity contribution < 1.29 is 9.84 Å². The number of halogens is 2. The van der Waals surface area contributed by atoms with Crippen LogP contribution >= 0.6 is 23.2 Å². The van der Waals surface area contributed by atoms with Gasteiger partial charge >= 0.3 is 0 Å². The van der Waals surface area contributed by atoms with Crippen LogP contribution in [0.1, 0.15) is 5.56 Å². The molecule has 1 N–H and O–H groups in total. The third-order valence-electron chi connectivity index (χ3n) is 3.42. The molecule has 0 atom stereocenters. The molecule has 0 unspecified atom stereocenters. The van der Waals surface area contributed by atoms with Crippen molar-refractivity contribution in [3.63, 3.8) is 0 Å². The first kappa shape index (κ1) is 15.7. The van der Waals surface area contributed by atoms with Gasteiger partial charge in [0, 0.05) is 5.02 Å². The number of hydrogen-bond acceptors (Lipinski definition) is 2. The zero-order valence-corrected chi connectivity index (χ0v) is 13.9. The SMILES string of the molecule is Cc1cccc(-c2ccc(Oc3ccc(Cl)cc3Cl)c(O)c2)c1. The lowest BCUT2D eigenvalue weighted by Gasteiger charge is -2.11. The average Bonchev–Trinajstić information content (AvgIpc) is 2.51.